The van der Waals surface area contributed by atoms with Crippen molar-refractivity contribution < 1.29 is 0 Å². The Kier molecular flexibility index (Phi) is 2.48. The van der Waals surface area contributed by atoms with E-state index < -0.39 is 0 Å². The molecule has 3 heteroatoms. The maximum absolute atomic E-state index is 5.93. The van der Waals surface area contributed by atoms with Crippen LogP contribution in [0.4, 0.5) is 0 Å². The summed E-state index contributed by atoms with van der Waals surface area (Å²) in [5, 5.41) is 5.80. The smallest absolute Gasteiger partial charge is 0.0929 e. The quantitative estimate of drug-likeness (QED) is 0.813. The molecule has 1 heterocycles. The Balaban J connectivity index is 2.06. The first kappa shape index (κ1) is 10.5. The number of nitrogens with two attached hydrogens (primary N) is 1. The first-order valence-corrected chi connectivity index (χ1v) is 6.11. The highest BCUT2D eigenvalue weighted by Gasteiger charge is 2.16. The van der Waals surface area contributed by atoms with Crippen LogP contribution in [0.25, 0.3) is 17.0 Å². The number of nitrogens with zero attached hydrogens (tertiary/aromatic N) is 2. The monoisotopic (exact) mass is 227 g/mol. The topological polar surface area (TPSA) is 43.8 Å². The Morgan fingerprint density at radius 2 is 2.24 bits per heavy atom. The lowest BCUT2D eigenvalue weighted by Crippen LogP contribution is -2.13. The summed E-state index contributed by atoms with van der Waals surface area (Å²) in [5.41, 5.74) is 9.62. The summed E-state index contributed by atoms with van der Waals surface area (Å²) in [6.07, 6.45) is 5.46. The van der Waals surface area contributed by atoms with Crippen LogP contribution in [-0.2, 0) is 7.05 Å². The van der Waals surface area contributed by atoms with Gasteiger partial charge in [-0.3, -0.25) is 4.68 Å². The van der Waals surface area contributed by atoms with Crippen LogP contribution in [0.3, 0.4) is 0 Å². The van der Waals surface area contributed by atoms with Crippen LogP contribution in [0.5, 0.6) is 0 Å². The van der Waals surface area contributed by atoms with E-state index in [9.17, 15) is 0 Å². The van der Waals surface area contributed by atoms with Crippen LogP contribution >= 0.6 is 0 Å². The van der Waals surface area contributed by atoms with Crippen molar-refractivity contribution in [2.24, 2.45) is 12.8 Å². The first-order valence-electron chi connectivity index (χ1n) is 6.11. The largest absolute Gasteiger partial charge is 0.327 e. The van der Waals surface area contributed by atoms with Crippen LogP contribution < -0.4 is 5.73 Å². The van der Waals surface area contributed by atoms with E-state index in [0.717, 1.165) is 25.0 Å². The molecular formula is C14H17N3. The molecule has 1 saturated carbocycles. The number of benzene rings is 1. The number of hydrogen-bond acceptors (Lipinski definition) is 2. The summed E-state index contributed by atoms with van der Waals surface area (Å²) in [6.45, 7) is 0. The highest BCUT2D eigenvalue weighted by atomic mass is 15.3. The van der Waals surface area contributed by atoms with E-state index in [2.05, 4.69) is 29.4 Å². The van der Waals surface area contributed by atoms with Gasteiger partial charge in [0.1, 0.15) is 0 Å². The summed E-state index contributed by atoms with van der Waals surface area (Å²) in [6, 6.07) is 8.68. The number of hydrogen-bond donors (Lipinski definition) is 1. The number of aromatic nitrogens is 2. The molecule has 1 aromatic carbocycles. The van der Waals surface area contributed by atoms with E-state index in [1.807, 2.05) is 17.8 Å². The van der Waals surface area contributed by atoms with Gasteiger partial charge in [-0.1, -0.05) is 23.8 Å². The van der Waals surface area contributed by atoms with E-state index in [0.29, 0.717) is 6.04 Å². The van der Waals surface area contributed by atoms with Crippen molar-refractivity contribution in [2.45, 2.75) is 25.3 Å². The van der Waals surface area contributed by atoms with E-state index in [-0.39, 0.29) is 0 Å². The van der Waals surface area contributed by atoms with Crippen molar-refractivity contribution in [3.05, 3.63) is 35.5 Å². The van der Waals surface area contributed by atoms with Crippen LogP contribution in [0.1, 0.15) is 25.0 Å². The molecule has 1 unspecified atom stereocenters. The van der Waals surface area contributed by atoms with Gasteiger partial charge in [-0.05, 0) is 31.4 Å². The first-order chi connectivity index (χ1) is 8.24. The minimum atomic E-state index is 0.344. The molecule has 1 aliphatic rings. The van der Waals surface area contributed by atoms with Gasteiger partial charge in [-0.25, -0.2) is 0 Å². The molecule has 0 amide bonds. The van der Waals surface area contributed by atoms with Gasteiger partial charge in [0, 0.05) is 18.5 Å². The maximum Gasteiger partial charge on any atom is 0.0929 e. The Morgan fingerprint density at radius 3 is 3.00 bits per heavy atom. The number of rotatable bonds is 1. The zero-order valence-corrected chi connectivity index (χ0v) is 10.1. The maximum atomic E-state index is 5.93. The fourth-order valence-electron chi connectivity index (χ4n) is 2.58. The number of para-hydroxylation sites is 1. The Morgan fingerprint density at radius 1 is 1.41 bits per heavy atom. The molecule has 3 nitrogen and oxygen atoms in total. The average Bonchev–Trinajstić information content (AvgIpc) is 2.86. The zero-order valence-electron chi connectivity index (χ0n) is 10.1. The fraction of sp³-hybridized carbons (Fsp3) is 0.357. The van der Waals surface area contributed by atoms with Gasteiger partial charge in [0.15, 0.2) is 0 Å². The lowest BCUT2D eigenvalue weighted by atomic mass is 10.1. The van der Waals surface area contributed by atoms with Crippen LogP contribution in [-0.4, -0.2) is 15.8 Å². The summed E-state index contributed by atoms with van der Waals surface area (Å²) < 4.78 is 1.94. The van der Waals surface area contributed by atoms with E-state index in [4.69, 9.17) is 5.73 Å². The SMILES string of the molecule is Cn1nc(C=C2CCC(N)C2)c2ccccc21. The van der Waals surface area contributed by atoms with Crippen LogP contribution in [0.15, 0.2) is 29.8 Å². The summed E-state index contributed by atoms with van der Waals surface area (Å²) in [4.78, 5) is 0. The molecule has 0 saturated heterocycles. The van der Waals surface area contributed by atoms with Crippen molar-refractivity contribution in [3.8, 4) is 0 Å². The highest BCUT2D eigenvalue weighted by Crippen LogP contribution is 2.27. The summed E-state index contributed by atoms with van der Waals surface area (Å²) in [5.74, 6) is 0. The van der Waals surface area contributed by atoms with Crippen molar-refractivity contribution >= 4 is 17.0 Å². The molecule has 1 aliphatic carbocycles. The van der Waals surface area contributed by atoms with Gasteiger partial charge in [-0.2, -0.15) is 5.10 Å². The van der Waals surface area contributed by atoms with Crippen molar-refractivity contribution in [3.63, 3.8) is 0 Å². The molecule has 1 atom stereocenters. The summed E-state index contributed by atoms with van der Waals surface area (Å²) in [7, 11) is 1.99. The van der Waals surface area contributed by atoms with Gasteiger partial charge < -0.3 is 5.73 Å². The molecule has 3 rings (SSSR count). The third-order valence-electron chi connectivity index (χ3n) is 3.49. The zero-order chi connectivity index (χ0) is 11.8. The van der Waals surface area contributed by atoms with Gasteiger partial charge >= 0.3 is 0 Å². The lowest BCUT2D eigenvalue weighted by Gasteiger charge is -1.96. The van der Waals surface area contributed by atoms with Gasteiger partial charge in [-0.15, -0.1) is 0 Å². The molecule has 0 aliphatic heterocycles. The minimum Gasteiger partial charge on any atom is -0.327 e. The average molecular weight is 227 g/mol. The molecule has 0 radical (unpaired) electrons. The molecule has 0 bridgehead atoms. The molecular weight excluding hydrogens is 210 g/mol. The predicted octanol–water partition coefficient (Wildman–Crippen LogP) is 2.47. The van der Waals surface area contributed by atoms with Crippen LogP contribution in [0.2, 0.25) is 0 Å². The van der Waals surface area contributed by atoms with Gasteiger partial charge in [0.25, 0.3) is 0 Å². The second-order valence-corrected chi connectivity index (χ2v) is 4.83. The molecule has 88 valence electrons. The van der Waals surface area contributed by atoms with Crippen molar-refractivity contribution in [1.29, 1.82) is 0 Å². The molecule has 2 N–H and O–H groups in total. The standard InChI is InChI=1S/C14H17N3/c1-17-14-5-3-2-4-12(14)13(16-17)9-10-6-7-11(15)8-10/h2-5,9,11H,6-8,15H2,1H3. The molecule has 2 aromatic rings. The fourth-order valence-corrected chi connectivity index (χ4v) is 2.58. The van der Waals surface area contributed by atoms with E-state index >= 15 is 0 Å². The predicted molar refractivity (Wildman–Crippen MR) is 70.5 cm³/mol. The second-order valence-electron chi connectivity index (χ2n) is 4.83. The number of aryl methyl sites for hydroxylation is 1. The minimum absolute atomic E-state index is 0.344. The van der Waals surface area contributed by atoms with Crippen LogP contribution in [0, 0.1) is 0 Å². The lowest BCUT2D eigenvalue weighted by molar-refractivity contribution is 0.711. The molecule has 1 fully saturated rings. The molecule has 0 spiro atoms. The molecule has 17 heavy (non-hydrogen) atoms. The summed E-state index contributed by atoms with van der Waals surface area (Å²) >= 11 is 0. The van der Waals surface area contributed by atoms with E-state index in [1.54, 1.807) is 0 Å². The normalized spacial score (nSPS) is 22.7. The Hall–Kier alpha value is -1.61. The van der Waals surface area contributed by atoms with Gasteiger partial charge in [0.2, 0.25) is 0 Å². The molecule has 1 aromatic heterocycles. The second kappa shape index (κ2) is 4.00. The third-order valence-corrected chi connectivity index (χ3v) is 3.49. The number of fused-ring (bicyclic) bond motifs is 1. The Labute approximate surface area is 101 Å². The Bertz CT molecular complexity index is 580. The van der Waals surface area contributed by atoms with Gasteiger partial charge in [0.05, 0.1) is 11.2 Å². The third kappa shape index (κ3) is 1.87. The van der Waals surface area contributed by atoms with Crippen molar-refractivity contribution in [1.82, 2.24) is 9.78 Å². The highest BCUT2D eigenvalue weighted by molar-refractivity contribution is 5.87. The van der Waals surface area contributed by atoms with Crippen molar-refractivity contribution in [2.75, 3.05) is 0 Å². The van der Waals surface area contributed by atoms with E-state index in [1.165, 1.54) is 16.5 Å².